The molecule has 2 N–H and O–H groups in total. The maximum Gasteiger partial charge on any atom is 0.323 e. The number of β-lactam (4-membered cyclic amide) rings is 1. The van der Waals surface area contributed by atoms with Gasteiger partial charge < -0.3 is 20.3 Å². The van der Waals surface area contributed by atoms with E-state index in [1.165, 1.54) is 0 Å². The third kappa shape index (κ3) is 3.72. The summed E-state index contributed by atoms with van der Waals surface area (Å²) < 4.78 is 6.67. The number of ether oxygens (including phenoxy) is 1. The van der Waals surface area contributed by atoms with Crippen molar-refractivity contribution in [3.05, 3.63) is 36.7 Å². The topological polar surface area (TPSA) is 88.5 Å². The van der Waals surface area contributed by atoms with Gasteiger partial charge in [-0.2, -0.15) is 5.10 Å². The van der Waals surface area contributed by atoms with Crippen LogP contribution in [0, 0.1) is 0 Å². The van der Waals surface area contributed by atoms with E-state index >= 15 is 0 Å². The molecule has 0 bridgehead atoms. The van der Waals surface area contributed by atoms with Gasteiger partial charge in [0.25, 0.3) is 0 Å². The minimum atomic E-state index is -0.367. The van der Waals surface area contributed by atoms with Gasteiger partial charge in [-0.25, -0.2) is 4.79 Å². The van der Waals surface area contributed by atoms with Gasteiger partial charge in [-0.3, -0.25) is 9.48 Å². The Hall–Kier alpha value is -2.87. The Labute approximate surface area is 139 Å². The molecule has 8 heteroatoms. The number of carbonyl (C=O) groups excluding carboxylic acids is 2. The van der Waals surface area contributed by atoms with Gasteiger partial charge in [0, 0.05) is 37.6 Å². The molecule has 3 rings (SSSR count). The van der Waals surface area contributed by atoms with Crippen molar-refractivity contribution in [1.82, 2.24) is 9.78 Å². The first kappa shape index (κ1) is 16.0. The van der Waals surface area contributed by atoms with Gasteiger partial charge in [0.2, 0.25) is 5.91 Å². The zero-order valence-electron chi connectivity index (χ0n) is 13.4. The lowest BCUT2D eigenvalue weighted by Gasteiger charge is -2.30. The monoisotopic (exact) mass is 329 g/mol. The number of urea groups is 1. The number of anilines is 3. The summed E-state index contributed by atoms with van der Waals surface area (Å²) in [5, 5.41) is 9.60. The predicted octanol–water partition coefficient (Wildman–Crippen LogP) is 1.91. The van der Waals surface area contributed by atoms with Gasteiger partial charge in [0.15, 0.2) is 0 Å². The molecule has 8 nitrogen and oxygen atoms in total. The highest BCUT2D eigenvalue weighted by Crippen LogP contribution is 2.24. The summed E-state index contributed by atoms with van der Waals surface area (Å²) in [6.45, 7) is 1.89. The van der Waals surface area contributed by atoms with Crippen molar-refractivity contribution in [2.75, 3.05) is 35.8 Å². The maximum atomic E-state index is 12.1. The average Bonchev–Trinajstić information content (AvgIpc) is 2.99. The van der Waals surface area contributed by atoms with Crippen LogP contribution in [0.2, 0.25) is 0 Å². The molecule has 2 heterocycles. The van der Waals surface area contributed by atoms with E-state index in [-0.39, 0.29) is 11.9 Å². The Bertz CT molecular complexity index is 743. The molecule has 1 fully saturated rings. The van der Waals surface area contributed by atoms with Crippen LogP contribution in [0.3, 0.4) is 0 Å². The van der Waals surface area contributed by atoms with Crippen LogP contribution in [0.4, 0.5) is 21.9 Å². The Morgan fingerprint density at radius 3 is 2.88 bits per heavy atom. The highest BCUT2D eigenvalue weighted by Gasteiger charge is 2.25. The Morgan fingerprint density at radius 2 is 2.17 bits per heavy atom. The third-order valence-corrected chi connectivity index (χ3v) is 3.68. The summed E-state index contributed by atoms with van der Waals surface area (Å²) >= 11 is 0. The van der Waals surface area contributed by atoms with Gasteiger partial charge in [-0.05, 0) is 18.2 Å². The van der Waals surface area contributed by atoms with Crippen LogP contribution in [0.25, 0.3) is 0 Å². The van der Waals surface area contributed by atoms with Crippen molar-refractivity contribution >= 4 is 29.0 Å². The predicted molar refractivity (Wildman–Crippen MR) is 90.2 cm³/mol. The number of benzene rings is 1. The van der Waals surface area contributed by atoms with Gasteiger partial charge >= 0.3 is 6.03 Å². The molecule has 0 saturated carbocycles. The van der Waals surface area contributed by atoms with Gasteiger partial charge in [0.05, 0.1) is 25.0 Å². The molecule has 0 atom stereocenters. The molecule has 2 aromatic rings. The van der Waals surface area contributed by atoms with Crippen LogP contribution >= 0.6 is 0 Å². The van der Waals surface area contributed by atoms with Crippen LogP contribution in [0.5, 0.6) is 0 Å². The van der Waals surface area contributed by atoms with E-state index in [9.17, 15) is 9.59 Å². The summed E-state index contributed by atoms with van der Waals surface area (Å²) in [4.78, 5) is 25.2. The molecule has 24 heavy (non-hydrogen) atoms. The summed E-state index contributed by atoms with van der Waals surface area (Å²) in [6.07, 6.45) is 3.88. The SMILES string of the molecule is COCCn1cc(NC(=O)Nc2cccc(N3CCC3=O)c2)cn1. The van der Waals surface area contributed by atoms with Crippen LogP contribution in [-0.4, -0.2) is 42.0 Å². The molecule has 0 unspecified atom stereocenters. The molecule has 126 valence electrons. The average molecular weight is 329 g/mol. The zero-order valence-corrected chi connectivity index (χ0v) is 13.4. The molecule has 1 saturated heterocycles. The fourth-order valence-corrected chi connectivity index (χ4v) is 2.37. The molecule has 0 aliphatic carbocycles. The van der Waals surface area contributed by atoms with Crippen LogP contribution in [-0.2, 0) is 16.1 Å². The molecule has 0 spiro atoms. The minimum Gasteiger partial charge on any atom is -0.383 e. The molecule has 1 aromatic carbocycles. The molecular formula is C16H19N5O3. The lowest BCUT2D eigenvalue weighted by Crippen LogP contribution is -2.43. The number of carbonyl (C=O) groups is 2. The van der Waals surface area contributed by atoms with E-state index < -0.39 is 0 Å². The summed E-state index contributed by atoms with van der Waals surface area (Å²) in [7, 11) is 1.62. The lowest BCUT2D eigenvalue weighted by atomic mass is 10.1. The van der Waals surface area contributed by atoms with E-state index in [0.29, 0.717) is 30.9 Å². The largest absolute Gasteiger partial charge is 0.383 e. The normalized spacial score (nSPS) is 13.5. The second kappa shape index (κ2) is 7.14. The van der Waals surface area contributed by atoms with Crippen molar-refractivity contribution in [3.8, 4) is 0 Å². The quantitative estimate of drug-likeness (QED) is 0.792. The molecule has 1 aromatic heterocycles. The van der Waals surface area contributed by atoms with E-state index in [1.807, 2.05) is 6.07 Å². The molecule has 1 aliphatic rings. The maximum absolute atomic E-state index is 12.1. The highest BCUT2D eigenvalue weighted by molar-refractivity contribution is 6.02. The first-order valence-electron chi connectivity index (χ1n) is 7.65. The van der Waals surface area contributed by atoms with Crippen molar-refractivity contribution in [2.45, 2.75) is 13.0 Å². The van der Waals surface area contributed by atoms with Crippen LogP contribution in [0.1, 0.15) is 6.42 Å². The second-order valence-electron chi connectivity index (χ2n) is 5.41. The van der Waals surface area contributed by atoms with E-state index in [4.69, 9.17) is 4.74 Å². The summed E-state index contributed by atoms with van der Waals surface area (Å²) in [5.74, 6) is 0.0973. The molecular weight excluding hydrogens is 310 g/mol. The lowest BCUT2D eigenvalue weighted by molar-refractivity contribution is -0.122. The van der Waals surface area contributed by atoms with Crippen molar-refractivity contribution < 1.29 is 14.3 Å². The number of aromatic nitrogens is 2. The highest BCUT2D eigenvalue weighted by atomic mass is 16.5. The number of nitrogens with zero attached hydrogens (tertiary/aromatic N) is 3. The number of amides is 3. The minimum absolute atomic E-state index is 0.0973. The second-order valence-corrected chi connectivity index (χ2v) is 5.41. The van der Waals surface area contributed by atoms with E-state index in [2.05, 4.69) is 15.7 Å². The fraction of sp³-hybridized carbons (Fsp3) is 0.312. The van der Waals surface area contributed by atoms with Crippen molar-refractivity contribution in [3.63, 3.8) is 0 Å². The van der Waals surface area contributed by atoms with E-state index in [1.54, 1.807) is 47.3 Å². The number of nitrogens with one attached hydrogen (secondary N) is 2. The molecule has 0 radical (unpaired) electrons. The number of methoxy groups -OCH3 is 1. The number of hydrogen-bond donors (Lipinski definition) is 2. The van der Waals surface area contributed by atoms with Crippen LogP contribution in [0.15, 0.2) is 36.7 Å². The standard InChI is InChI=1S/C16H19N5O3/c1-24-8-7-20-11-13(10-17-20)19-16(23)18-12-3-2-4-14(9-12)21-6-5-15(21)22/h2-4,9-11H,5-8H2,1H3,(H2,18,19,23). The molecule has 3 amide bonds. The van der Waals surface area contributed by atoms with Crippen molar-refractivity contribution in [1.29, 1.82) is 0 Å². The Balaban J connectivity index is 1.57. The number of hydrogen-bond acceptors (Lipinski definition) is 4. The van der Waals surface area contributed by atoms with Crippen molar-refractivity contribution in [2.24, 2.45) is 0 Å². The summed E-state index contributed by atoms with van der Waals surface area (Å²) in [6, 6.07) is 6.83. The fourth-order valence-electron chi connectivity index (χ4n) is 2.37. The van der Waals surface area contributed by atoms with Gasteiger partial charge in [-0.15, -0.1) is 0 Å². The smallest absolute Gasteiger partial charge is 0.323 e. The zero-order chi connectivity index (χ0) is 16.9. The number of rotatable bonds is 6. The van der Waals surface area contributed by atoms with Gasteiger partial charge in [-0.1, -0.05) is 6.07 Å². The Kier molecular flexibility index (Phi) is 4.76. The first-order valence-corrected chi connectivity index (χ1v) is 7.65. The first-order chi connectivity index (χ1) is 11.7. The summed E-state index contributed by atoms with van der Waals surface area (Å²) in [5.41, 5.74) is 2.01. The third-order valence-electron chi connectivity index (χ3n) is 3.68. The van der Waals surface area contributed by atoms with E-state index in [0.717, 1.165) is 12.2 Å². The Morgan fingerprint density at radius 1 is 1.33 bits per heavy atom. The van der Waals surface area contributed by atoms with Crippen LogP contribution < -0.4 is 15.5 Å². The molecule has 1 aliphatic heterocycles. The van der Waals surface area contributed by atoms with Gasteiger partial charge in [0.1, 0.15) is 0 Å².